The van der Waals surface area contributed by atoms with Crippen molar-refractivity contribution in [2.45, 2.75) is 51.9 Å². The Morgan fingerprint density at radius 3 is 1.27 bits per heavy atom. The number of aryl methyl sites for hydroxylation is 1. The zero-order chi connectivity index (χ0) is 22.8. The zero-order valence-corrected chi connectivity index (χ0v) is 22.0. The maximum atomic E-state index is 2.44. The first-order chi connectivity index (χ1) is 16.4. The van der Waals surface area contributed by atoms with Crippen molar-refractivity contribution in [3.05, 3.63) is 121 Å². The molecule has 0 spiro atoms. The average Bonchev–Trinajstić information content (AvgIpc) is 2.89. The number of hydrogen-bond acceptors (Lipinski definition) is 0. The van der Waals surface area contributed by atoms with Crippen LogP contribution in [0.3, 0.4) is 0 Å². The minimum absolute atomic E-state index is 1.19. The van der Waals surface area contributed by atoms with Crippen molar-refractivity contribution >= 4 is 30.8 Å². The van der Waals surface area contributed by atoms with E-state index in [1.807, 2.05) is 0 Å². The summed E-state index contributed by atoms with van der Waals surface area (Å²) in [6.07, 6.45) is 9.29. The van der Waals surface area contributed by atoms with E-state index in [0.29, 0.717) is 0 Å². The molecule has 4 aromatic rings. The monoisotopic (exact) mass is 494 g/mol. The van der Waals surface area contributed by atoms with Crippen molar-refractivity contribution in [1.82, 2.24) is 0 Å². The summed E-state index contributed by atoms with van der Waals surface area (Å²) < 4.78 is 5.96. The Morgan fingerprint density at radius 1 is 0.424 bits per heavy atom. The normalized spacial score (nSPS) is 11.4. The summed E-state index contributed by atoms with van der Waals surface area (Å²) in [6.45, 7) is 2.28. The molecule has 0 aliphatic heterocycles. The van der Waals surface area contributed by atoms with E-state index in [-0.39, 0.29) is 0 Å². The molecule has 0 bridgehead atoms. The molecule has 4 rings (SSSR count). The Hall–Kier alpha value is -2.58. The van der Waals surface area contributed by atoms with Gasteiger partial charge >= 0.3 is 204 Å². The molecular weight excluding hydrogens is 457 g/mol. The summed E-state index contributed by atoms with van der Waals surface area (Å²) in [5, 5.41) is 0. The van der Waals surface area contributed by atoms with Gasteiger partial charge in [0.25, 0.3) is 0 Å². The molecule has 0 nitrogen and oxygen atoms in total. The predicted octanol–water partition coefficient (Wildman–Crippen LogP) is 5.97. The SMILES string of the molecule is CCCCCCCCc1cc[c]([Ge]([c]2ccccc2)([c]2ccccc2)[c]2ccccc2)cc1. The predicted molar refractivity (Wildman–Crippen MR) is 147 cm³/mol. The third-order valence-electron chi connectivity index (χ3n) is 6.83. The second-order valence-electron chi connectivity index (χ2n) is 9.06. The van der Waals surface area contributed by atoms with Gasteiger partial charge in [-0.05, 0) is 0 Å². The molecule has 0 aliphatic rings. The van der Waals surface area contributed by atoms with Crippen LogP contribution >= 0.6 is 0 Å². The van der Waals surface area contributed by atoms with Crippen LogP contribution in [-0.2, 0) is 6.42 Å². The number of hydrogen-bond donors (Lipinski definition) is 0. The third kappa shape index (κ3) is 5.50. The van der Waals surface area contributed by atoms with Crippen LogP contribution in [0.25, 0.3) is 0 Å². The van der Waals surface area contributed by atoms with Crippen LogP contribution in [0.5, 0.6) is 0 Å². The van der Waals surface area contributed by atoms with Crippen molar-refractivity contribution in [3.8, 4) is 0 Å². The molecule has 0 heterocycles. The minimum atomic E-state index is -3.09. The van der Waals surface area contributed by atoms with Gasteiger partial charge in [-0.15, -0.1) is 0 Å². The van der Waals surface area contributed by atoms with Crippen molar-refractivity contribution in [2.24, 2.45) is 0 Å². The Kier molecular flexibility index (Phi) is 8.61. The second kappa shape index (κ2) is 12.0. The fourth-order valence-electron chi connectivity index (χ4n) is 5.10. The van der Waals surface area contributed by atoms with Crippen molar-refractivity contribution in [1.29, 1.82) is 0 Å². The molecule has 0 saturated heterocycles. The topological polar surface area (TPSA) is 0 Å². The molecule has 1 heteroatoms. The number of rotatable bonds is 11. The summed E-state index contributed by atoms with van der Waals surface area (Å²) >= 11 is -3.09. The standard InChI is InChI=1S/C32H36Ge/c1-2-3-4-5-6-10-17-28-24-26-32(27-25-28)33(29-18-11-7-12-19-29,30-20-13-8-14-21-30)31-22-15-9-16-23-31/h7-9,11-16,18-27H,2-6,10,17H2,1H3. The van der Waals surface area contributed by atoms with Crippen LogP contribution in [0.2, 0.25) is 0 Å². The van der Waals surface area contributed by atoms with Gasteiger partial charge in [0.05, 0.1) is 0 Å². The van der Waals surface area contributed by atoms with Gasteiger partial charge in [-0.3, -0.25) is 0 Å². The summed E-state index contributed by atoms with van der Waals surface area (Å²) in [5.74, 6) is 0. The molecule has 0 aliphatic carbocycles. The summed E-state index contributed by atoms with van der Waals surface area (Å²) in [5.41, 5.74) is 1.47. The van der Waals surface area contributed by atoms with Crippen LogP contribution in [0.15, 0.2) is 115 Å². The van der Waals surface area contributed by atoms with Crippen LogP contribution < -0.4 is 17.6 Å². The molecular formula is C32H36Ge. The molecule has 33 heavy (non-hydrogen) atoms. The molecule has 0 fully saturated rings. The van der Waals surface area contributed by atoms with E-state index >= 15 is 0 Å². The Balaban J connectivity index is 1.72. The molecule has 0 N–H and O–H groups in total. The molecule has 0 amide bonds. The van der Waals surface area contributed by atoms with Crippen LogP contribution in [0.1, 0.15) is 51.0 Å². The molecule has 0 saturated carbocycles. The first-order valence-corrected chi connectivity index (χ1v) is 16.8. The van der Waals surface area contributed by atoms with Gasteiger partial charge in [-0.2, -0.15) is 0 Å². The van der Waals surface area contributed by atoms with Crippen molar-refractivity contribution < 1.29 is 0 Å². The van der Waals surface area contributed by atoms with E-state index in [4.69, 9.17) is 0 Å². The van der Waals surface area contributed by atoms with E-state index in [1.54, 1.807) is 0 Å². The Morgan fingerprint density at radius 2 is 0.818 bits per heavy atom. The summed E-state index contributed by atoms with van der Waals surface area (Å²) in [6, 6.07) is 43.4. The molecule has 4 aromatic carbocycles. The van der Waals surface area contributed by atoms with Gasteiger partial charge in [0.2, 0.25) is 0 Å². The van der Waals surface area contributed by atoms with Gasteiger partial charge < -0.3 is 0 Å². The van der Waals surface area contributed by atoms with E-state index in [2.05, 4.69) is 122 Å². The van der Waals surface area contributed by atoms with Gasteiger partial charge in [-0.25, -0.2) is 0 Å². The Labute approximate surface area is 203 Å². The van der Waals surface area contributed by atoms with Crippen LogP contribution in [0, 0.1) is 0 Å². The first kappa shape index (κ1) is 23.6. The molecule has 0 atom stereocenters. The molecule has 0 radical (unpaired) electrons. The van der Waals surface area contributed by atoms with E-state index in [9.17, 15) is 0 Å². The second-order valence-corrected chi connectivity index (χ2v) is 17.1. The van der Waals surface area contributed by atoms with Crippen LogP contribution in [-0.4, -0.2) is 13.3 Å². The van der Waals surface area contributed by atoms with E-state index in [0.717, 1.165) is 0 Å². The molecule has 0 unspecified atom stereocenters. The third-order valence-corrected chi connectivity index (χ3v) is 16.9. The van der Waals surface area contributed by atoms with Gasteiger partial charge in [-0.1, -0.05) is 0 Å². The summed E-state index contributed by atoms with van der Waals surface area (Å²) in [4.78, 5) is 0. The van der Waals surface area contributed by atoms with Crippen LogP contribution in [0.4, 0.5) is 0 Å². The van der Waals surface area contributed by atoms with E-state index in [1.165, 1.54) is 68.1 Å². The molecule has 168 valence electrons. The zero-order valence-electron chi connectivity index (χ0n) is 19.9. The number of benzene rings is 4. The maximum absolute atomic E-state index is 3.09. The average molecular weight is 493 g/mol. The first-order valence-electron chi connectivity index (χ1n) is 12.6. The van der Waals surface area contributed by atoms with E-state index < -0.39 is 13.3 Å². The summed E-state index contributed by atoms with van der Waals surface area (Å²) in [7, 11) is 0. The van der Waals surface area contributed by atoms with Crippen molar-refractivity contribution in [2.75, 3.05) is 0 Å². The number of unbranched alkanes of at least 4 members (excludes halogenated alkanes) is 5. The fourth-order valence-corrected chi connectivity index (χ4v) is 15.0. The quantitative estimate of drug-likeness (QED) is 0.179. The van der Waals surface area contributed by atoms with Gasteiger partial charge in [0, 0.05) is 0 Å². The molecule has 0 aromatic heterocycles. The fraction of sp³-hybridized carbons (Fsp3) is 0.250. The Bertz CT molecular complexity index is 973. The van der Waals surface area contributed by atoms with Gasteiger partial charge in [0.15, 0.2) is 0 Å². The van der Waals surface area contributed by atoms with Crippen molar-refractivity contribution in [3.63, 3.8) is 0 Å². The van der Waals surface area contributed by atoms with Gasteiger partial charge in [0.1, 0.15) is 0 Å².